The normalized spacial score (nSPS) is 14.8. The smallest absolute Gasteiger partial charge is 0.368 e. The molecule has 2 aromatic carbocycles. The monoisotopic (exact) mass is 477 g/mol. The average Bonchev–Trinajstić information content (AvgIpc) is 3.13. The summed E-state index contributed by atoms with van der Waals surface area (Å²) in [5.74, 6) is -0.597. The zero-order valence-electron chi connectivity index (χ0n) is 18.4. The van der Waals surface area contributed by atoms with Crippen LogP contribution in [0.3, 0.4) is 0 Å². The maximum atomic E-state index is 13.3. The molecule has 0 N–H and O–H groups in total. The van der Waals surface area contributed by atoms with Crippen molar-refractivity contribution in [3.05, 3.63) is 63.9 Å². The third-order valence-corrected chi connectivity index (χ3v) is 7.09. The van der Waals surface area contributed by atoms with Gasteiger partial charge in [-0.3, -0.25) is 13.5 Å². The maximum absolute atomic E-state index is 13.3. The number of aryl methyl sites for hydroxylation is 1. The first-order chi connectivity index (χ1) is 15.8. The second kappa shape index (κ2) is 9.59. The van der Waals surface area contributed by atoms with Crippen LogP contribution in [0, 0.1) is 0 Å². The van der Waals surface area contributed by atoms with E-state index in [4.69, 9.17) is 0 Å². The van der Waals surface area contributed by atoms with E-state index >= 15 is 0 Å². The number of amides is 1. The van der Waals surface area contributed by atoms with Crippen LogP contribution in [0.4, 0.5) is 18.9 Å². The number of halogens is 3. The highest BCUT2D eigenvalue weighted by atomic mass is 32.1. The van der Waals surface area contributed by atoms with Crippen molar-refractivity contribution in [2.75, 3.05) is 31.1 Å². The number of fused-ring (bicyclic) bond motifs is 1. The number of hydrogen-bond acceptors (Lipinski definition) is 4. The van der Waals surface area contributed by atoms with Crippen molar-refractivity contribution in [3.8, 4) is 0 Å². The van der Waals surface area contributed by atoms with E-state index in [0.29, 0.717) is 31.6 Å². The number of unbranched alkanes of at least 4 members (excludes halogenated alkanes) is 2. The number of carbonyl (C=O) groups is 1. The fourth-order valence-electron chi connectivity index (χ4n) is 4.16. The van der Waals surface area contributed by atoms with Crippen LogP contribution in [0.15, 0.2) is 47.3 Å². The van der Waals surface area contributed by atoms with Crippen molar-refractivity contribution >= 4 is 33.2 Å². The summed E-state index contributed by atoms with van der Waals surface area (Å²) in [6.07, 6.45) is -1.41. The number of carbonyl (C=O) groups excluding carboxylic acids is 1. The van der Waals surface area contributed by atoms with Gasteiger partial charge in [0.1, 0.15) is 0 Å². The number of benzene rings is 2. The lowest BCUT2D eigenvalue weighted by Gasteiger charge is -2.36. The molecular weight excluding hydrogens is 451 g/mol. The Balaban J connectivity index is 1.46. The van der Waals surface area contributed by atoms with Crippen LogP contribution < -0.4 is 10.5 Å². The highest BCUT2D eigenvalue weighted by molar-refractivity contribution is 7.13. The first-order valence-electron chi connectivity index (χ1n) is 11.1. The average molecular weight is 478 g/mol. The molecule has 1 fully saturated rings. The molecule has 3 aromatic rings. The molecule has 0 unspecified atom stereocenters. The Hall–Kier alpha value is -2.81. The largest absolute Gasteiger partial charge is 0.417 e. The van der Waals surface area contributed by atoms with E-state index in [0.717, 1.165) is 42.3 Å². The summed E-state index contributed by atoms with van der Waals surface area (Å²) in [4.78, 5) is 29.0. The minimum absolute atomic E-state index is 0.0383. The van der Waals surface area contributed by atoms with E-state index in [2.05, 4.69) is 11.8 Å². The second-order valence-electron chi connectivity index (χ2n) is 8.21. The molecule has 2 heterocycles. The van der Waals surface area contributed by atoms with Gasteiger partial charge in [0.15, 0.2) is 0 Å². The molecule has 4 rings (SSSR count). The number of aromatic nitrogens is 1. The predicted molar refractivity (Wildman–Crippen MR) is 125 cm³/mol. The van der Waals surface area contributed by atoms with E-state index in [1.807, 2.05) is 18.2 Å². The second-order valence-corrected chi connectivity index (χ2v) is 9.27. The van der Waals surface area contributed by atoms with Crippen LogP contribution in [0.25, 0.3) is 10.1 Å². The fourth-order valence-corrected chi connectivity index (χ4v) is 5.23. The Kier molecular flexibility index (Phi) is 6.78. The van der Waals surface area contributed by atoms with Crippen molar-refractivity contribution in [1.29, 1.82) is 0 Å². The summed E-state index contributed by atoms with van der Waals surface area (Å²) in [6.45, 7) is 4.54. The molecule has 0 radical (unpaired) electrons. The van der Waals surface area contributed by atoms with Gasteiger partial charge in [-0.25, -0.2) is 0 Å². The molecule has 1 amide bonds. The third kappa shape index (κ3) is 4.93. The molecule has 0 aliphatic carbocycles. The van der Waals surface area contributed by atoms with Crippen LogP contribution in [0.2, 0.25) is 0 Å². The number of hydrogen-bond donors (Lipinski definition) is 0. The Morgan fingerprint density at radius 1 is 1.03 bits per heavy atom. The zero-order chi connectivity index (χ0) is 23.6. The Bertz CT molecular complexity index is 1190. The molecular formula is C24H26F3N3O2S. The maximum Gasteiger partial charge on any atom is 0.417 e. The minimum Gasteiger partial charge on any atom is -0.368 e. The number of nitrogens with zero attached hydrogens (tertiary/aromatic N) is 3. The summed E-state index contributed by atoms with van der Waals surface area (Å²) in [5.41, 5.74) is -0.223. The summed E-state index contributed by atoms with van der Waals surface area (Å²) >= 11 is 1.47. The SMILES string of the molecule is CCCCCn1sc2cc(N3CCN(C(=O)c4ccccc4C(F)(F)F)CC3)ccc2c1=O. The summed E-state index contributed by atoms with van der Waals surface area (Å²) in [7, 11) is 0. The molecule has 5 nitrogen and oxygen atoms in total. The summed E-state index contributed by atoms with van der Waals surface area (Å²) in [6, 6.07) is 10.7. The molecule has 33 heavy (non-hydrogen) atoms. The lowest BCUT2D eigenvalue weighted by molar-refractivity contribution is -0.138. The number of rotatable bonds is 6. The van der Waals surface area contributed by atoms with Gasteiger partial charge >= 0.3 is 6.18 Å². The fraction of sp³-hybridized carbons (Fsp3) is 0.417. The van der Waals surface area contributed by atoms with E-state index in [1.165, 1.54) is 34.6 Å². The Morgan fingerprint density at radius 2 is 1.76 bits per heavy atom. The van der Waals surface area contributed by atoms with E-state index in [9.17, 15) is 22.8 Å². The van der Waals surface area contributed by atoms with Gasteiger partial charge < -0.3 is 9.80 Å². The highest BCUT2D eigenvalue weighted by Gasteiger charge is 2.36. The molecule has 0 bridgehead atoms. The number of piperazine rings is 1. The molecule has 176 valence electrons. The predicted octanol–water partition coefficient (Wildman–Crippen LogP) is 5.23. The van der Waals surface area contributed by atoms with Gasteiger partial charge in [0.2, 0.25) is 0 Å². The van der Waals surface area contributed by atoms with E-state index in [-0.39, 0.29) is 11.1 Å². The van der Waals surface area contributed by atoms with Gasteiger partial charge in [0.05, 0.1) is 21.2 Å². The van der Waals surface area contributed by atoms with Gasteiger partial charge in [0, 0.05) is 38.4 Å². The Morgan fingerprint density at radius 3 is 2.45 bits per heavy atom. The van der Waals surface area contributed by atoms with Crippen LogP contribution >= 0.6 is 11.5 Å². The minimum atomic E-state index is -4.57. The van der Waals surface area contributed by atoms with Crippen LogP contribution in [0.5, 0.6) is 0 Å². The van der Waals surface area contributed by atoms with E-state index in [1.54, 1.807) is 3.96 Å². The third-order valence-electron chi connectivity index (χ3n) is 5.99. The van der Waals surface area contributed by atoms with Crippen molar-refractivity contribution in [3.63, 3.8) is 0 Å². The van der Waals surface area contributed by atoms with Crippen molar-refractivity contribution in [1.82, 2.24) is 8.86 Å². The summed E-state index contributed by atoms with van der Waals surface area (Å²) in [5, 5.41) is 0.706. The van der Waals surface area contributed by atoms with Crippen molar-refractivity contribution < 1.29 is 18.0 Å². The summed E-state index contributed by atoms with van der Waals surface area (Å²) < 4.78 is 42.6. The molecule has 1 aliphatic heterocycles. The molecule has 1 aromatic heterocycles. The number of alkyl halides is 3. The molecule has 0 spiro atoms. The first-order valence-corrected chi connectivity index (χ1v) is 11.9. The van der Waals surface area contributed by atoms with Crippen molar-refractivity contribution in [2.45, 2.75) is 38.9 Å². The van der Waals surface area contributed by atoms with Gasteiger partial charge in [-0.15, -0.1) is 0 Å². The quantitative estimate of drug-likeness (QED) is 0.457. The topological polar surface area (TPSA) is 45.5 Å². The molecule has 1 aliphatic rings. The highest BCUT2D eigenvalue weighted by Crippen LogP contribution is 2.33. The van der Waals surface area contributed by atoms with Crippen LogP contribution in [-0.2, 0) is 12.7 Å². The van der Waals surface area contributed by atoms with Gasteiger partial charge in [-0.05, 0) is 36.8 Å². The van der Waals surface area contributed by atoms with Gasteiger partial charge in [0.25, 0.3) is 11.5 Å². The molecule has 9 heteroatoms. The molecule has 1 saturated heterocycles. The lowest BCUT2D eigenvalue weighted by atomic mass is 10.1. The molecule has 0 atom stereocenters. The molecule has 0 saturated carbocycles. The first kappa shape index (κ1) is 23.4. The van der Waals surface area contributed by atoms with Crippen molar-refractivity contribution in [2.24, 2.45) is 0 Å². The van der Waals surface area contributed by atoms with Crippen LogP contribution in [0.1, 0.15) is 42.1 Å². The van der Waals surface area contributed by atoms with Crippen LogP contribution in [-0.4, -0.2) is 40.9 Å². The zero-order valence-corrected chi connectivity index (χ0v) is 19.2. The van der Waals surface area contributed by atoms with Gasteiger partial charge in [-0.2, -0.15) is 13.2 Å². The standard InChI is InChI=1S/C24H26F3N3O2S/c1-2-3-6-11-30-23(32)19-10-9-17(16-21(19)33-30)28-12-14-29(15-13-28)22(31)18-7-4-5-8-20(18)24(25,26)27/h4-5,7-10,16H,2-3,6,11-15H2,1H3. The van der Waals surface area contributed by atoms with Gasteiger partial charge in [-0.1, -0.05) is 43.4 Å². The lowest BCUT2D eigenvalue weighted by Crippen LogP contribution is -2.49. The Labute approximate surface area is 194 Å². The van der Waals surface area contributed by atoms with E-state index < -0.39 is 17.6 Å². The number of anilines is 1.